The molecule has 1 atom stereocenters. The van der Waals surface area contributed by atoms with Crippen LogP contribution in [-0.2, 0) is 12.8 Å². The number of nitrogens with two attached hydrogens (primary N) is 1. The second-order valence-electron chi connectivity index (χ2n) is 5.35. The number of hydrogen-bond donors (Lipinski definition) is 1. The van der Waals surface area contributed by atoms with Crippen molar-refractivity contribution < 1.29 is 4.74 Å². The van der Waals surface area contributed by atoms with Gasteiger partial charge in [-0.25, -0.2) is 0 Å². The van der Waals surface area contributed by atoms with Gasteiger partial charge in [0, 0.05) is 20.5 Å². The Balaban J connectivity index is 1.68. The lowest BCUT2D eigenvalue weighted by molar-refractivity contribution is 0.357. The molecule has 0 saturated heterocycles. The molecular formula is C17H17BrINO. The first-order chi connectivity index (χ1) is 10.1. The van der Waals surface area contributed by atoms with E-state index in [1.165, 1.54) is 20.3 Å². The van der Waals surface area contributed by atoms with Crippen molar-refractivity contribution in [3.8, 4) is 5.75 Å². The molecule has 0 saturated carbocycles. The minimum Gasteiger partial charge on any atom is -0.493 e. The van der Waals surface area contributed by atoms with E-state index in [1.807, 2.05) is 0 Å². The van der Waals surface area contributed by atoms with Gasteiger partial charge >= 0.3 is 0 Å². The third-order valence-corrected chi connectivity index (χ3v) is 5.25. The van der Waals surface area contributed by atoms with Gasteiger partial charge in [-0.2, -0.15) is 0 Å². The van der Waals surface area contributed by atoms with E-state index in [2.05, 4.69) is 74.9 Å². The Hall–Kier alpha value is -0.590. The van der Waals surface area contributed by atoms with Gasteiger partial charge in [-0.1, -0.05) is 28.1 Å². The van der Waals surface area contributed by atoms with E-state index in [1.54, 1.807) is 0 Å². The predicted octanol–water partition coefficient (Wildman–Crippen LogP) is 4.62. The summed E-state index contributed by atoms with van der Waals surface area (Å²) in [5.41, 5.74) is 10.2. The van der Waals surface area contributed by atoms with Crippen LogP contribution < -0.4 is 10.5 Å². The van der Waals surface area contributed by atoms with E-state index in [0.29, 0.717) is 0 Å². The van der Waals surface area contributed by atoms with E-state index in [0.717, 1.165) is 36.1 Å². The smallest absolute Gasteiger partial charge is 0.122 e. The highest BCUT2D eigenvalue weighted by Crippen LogP contribution is 2.29. The van der Waals surface area contributed by atoms with Crippen molar-refractivity contribution in [3.05, 3.63) is 61.1 Å². The molecule has 2 nitrogen and oxygen atoms in total. The number of benzene rings is 2. The summed E-state index contributed by atoms with van der Waals surface area (Å²) >= 11 is 5.92. The first-order valence-electron chi connectivity index (χ1n) is 7.08. The molecule has 2 aromatic carbocycles. The molecule has 0 fully saturated rings. The van der Waals surface area contributed by atoms with Crippen molar-refractivity contribution in [2.75, 3.05) is 6.61 Å². The zero-order chi connectivity index (χ0) is 14.8. The fourth-order valence-electron chi connectivity index (χ4n) is 2.67. The summed E-state index contributed by atoms with van der Waals surface area (Å²) in [7, 11) is 0. The molecule has 2 aromatic rings. The van der Waals surface area contributed by atoms with Crippen molar-refractivity contribution >= 4 is 38.5 Å². The number of ether oxygens (including phenoxy) is 1. The van der Waals surface area contributed by atoms with Gasteiger partial charge in [0.15, 0.2) is 0 Å². The normalized spacial score (nSPS) is 14.6. The number of halogens is 2. The summed E-state index contributed by atoms with van der Waals surface area (Å²) in [6.07, 6.45) is 2.96. The van der Waals surface area contributed by atoms with Crippen LogP contribution in [0.15, 0.2) is 40.9 Å². The highest BCUT2D eigenvalue weighted by Gasteiger charge is 2.14. The third-order valence-electron chi connectivity index (χ3n) is 3.86. The Morgan fingerprint density at radius 1 is 1.24 bits per heavy atom. The first kappa shape index (κ1) is 15.3. The first-order valence-corrected chi connectivity index (χ1v) is 8.96. The maximum atomic E-state index is 6.37. The fraction of sp³-hybridized carbons (Fsp3) is 0.294. The highest BCUT2D eigenvalue weighted by atomic mass is 127. The van der Waals surface area contributed by atoms with Crippen molar-refractivity contribution in [1.29, 1.82) is 0 Å². The van der Waals surface area contributed by atoms with Crippen molar-refractivity contribution in [2.45, 2.75) is 25.3 Å². The van der Waals surface area contributed by atoms with E-state index >= 15 is 0 Å². The summed E-state index contributed by atoms with van der Waals surface area (Å²) in [5.74, 6) is 1.04. The molecule has 0 bridgehead atoms. The fourth-order valence-corrected chi connectivity index (χ4v) is 3.73. The minimum absolute atomic E-state index is 0.0543. The van der Waals surface area contributed by atoms with E-state index < -0.39 is 0 Å². The van der Waals surface area contributed by atoms with Crippen molar-refractivity contribution in [3.63, 3.8) is 0 Å². The van der Waals surface area contributed by atoms with Crippen LogP contribution in [0.25, 0.3) is 0 Å². The van der Waals surface area contributed by atoms with Gasteiger partial charge in [-0.3, -0.25) is 0 Å². The Morgan fingerprint density at radius 2 is 2.10 bits per heavy atom. The predicted molar refractivity (Wildman–Crippen MR) is 97.7 cm³/mol. The summed E-state index contributed by atoms with van der Waals surface area (Å²) in [4.78, 5) is 0. The molecule has 0 radical (unpaired) electrons. The van der Waals surface area contributed by atoms with Crippen LogP contribution in [0.1, 0.15) is 29.2 Å². The number of rotatable bonds is 4. The van der Waals surface area contributed by atoms with E-state index in [4.69, 9.17) is 10.5 Å². The molecule has 110 valence electrons. The number of aryl methyl sites for hydroxylation is 1. The lowest BCUT2D eigenvalue weighted by atomic mass is 9.98. The molecule has 0 spiro atoms. The third kappa shape index (κ3) is 3.60. The van der Waals surface area contributed by atoms with Crippen molar-refractivity contribution in [1.82, 2.24) is 0 Å². The molecule has 0 amide bonds. The van der Waals surface area contributed by atoms with Crippen LogP contribution in [-0.4, -0.2) is 6.61 Å². The lowest BCUT2D eigenvalue weighted by Crippen LogP contribution is -2.12. The largest absolute Gasteiger partial charge is 0.493 e. The summed E-state index contributed by atoms with van der Waals surface area (Å²) < 4.78 is 7.86. The summed E-state index contributed by atoms with van der Waals surface area (Å²) in [6, 6.07) is 12.9. The molecular weight excluding hydrogens is 441 g/mol. The maximum Gasteiger partial charge on any atom is 0.122 e. The Kier molecular flexibility index (Phi) is 4.86. The van der Waals surface area contributed by atoms with Gasteiger partial charge in [0.25, 0.3) is 0 Å². The van der Waals surface area contributed by atoms with Crippen molar-refractivity contribution in [2.24, 2.45) is 5.73 Å². The lowest BCUT2D eigenvalue weighted by Gasteiger charge is -2.14. The molecule has 2 N–H and O–H groups in total. The van der Waals surface area contributed by atoms with Gasteiger partial charge < -0.3 is 10.5 Å². The molecule has 1 unspecified atom stereocenters. The van der Waals surface area contributed by atoms with Gasteiger partial charge in [-0.05, 0) is 76.4 Å². The average Bonchev–Trinajstić information content (AvgIpc) is 2.94. The zero-order valence-corrected chi connectivity index (χ0v) is 15.4. The van der Waals surface area contributed by atoms with Crippen LogP contribution in [0.3, 0.4) is 0 Å². The van der Waals surface area contributed by atoms with Crippen LogP contribution in [0.4, 0.5) is 0 Å². The van der Waals surface area contributed by atoms with E-state index in [9.17, 15) is 0 Å². The molecule has 1 aliphatic rings. The minimum atomic E-state index is 0.0543. The maximum absolute atomic E-state index is 6.37. The number of hydrogen-bond acceptors (Lipinski definition) is 2. The summed E-state index contributed by atoms with van der Waals surface area (Å²) in [6.45, 7) is 0.813. The van der Waals surface area contributed by atoms with E-state index in [-0.39, 0.29) is 6.04 Å². The molecule has 1 aliphatic heterocycles. The molecule has 4 heteroatoms. The Labute approximate surface area is 147 Å². The topological polar surface area (TPSA) is 35.2 Å². The molecule has 0 aliphatic carbocycles. The number of fused-ring (bicyclic) bond motifs is 1. The van der Waals surface area contributed by atoms with Crippen LogP contribution in [0.2, 0.25) is 0 Å². The molecule has 21 heavy (non-hydrogen) atoms. The quantitative estimate of drug-likeness (QED) is 0.680. The highest BCUT2D eigenvalue weighted by molar-refractivity contribution is 14.1. The molecule has 0 aromatic heterocycles. The monoisotopic (exact) mass is 457 g/mol. The molecule has 3 rings (SSSR count). The Morgan fingerprint density at radius 3 is 2.95 bits per heavy atom. The average molecular weight is 458 g/mol. The Bertz CT molecular complexity index is 659. The van der Waals surface area contributed by atoms with Crippen LogP contribution >= 0.6 is 38.5 Å². The standard InChI is InChI=1S/C17H17BrINO/c18-15-4-3-13(19)10-14(15)16(20)5-1-11-2-6-17-12(9-11)7-8-21-17/h2-4,6,9-10,16H,1,5,7-8,20H2. The summed E-state index contributed by atoms with van der Waals surface area (Å²) in [5, 5.41) is 0. The SMILES string of the molecule is NC(CCc1ccc2c(c1)CCO2)c1cc(I)ccc1Br. The van der Waals surface area contributed by atoms with Gasteiger partial charge in [0.2, 0.25) is 0 Å². The van der Waals surface area contributed by atoms with Gasteiger partial charge in [0.05, 0.1) is 6.61 Å². The van der Waals surface area contributed by atoms with Gasteiger partial charge in [-0.15, -0.1) is 0 Å². The second kappa shape index (κ2) is 6.67. The molecule has 1 heterocycles. The van der Waals surface area contributed by atoms with Gasteiger partial charge in [0.1, 0.15) is 5.75 Å². The van der Waals surface area contributed by atoms with Crippen LogP contribution in [0.5, 0.6) is 5.75 Å². The zero-order valence-electron chi connectivity index (χ0n) is 11.6. The van der Waals surface area contributed by atoms with Crippen LogP contribution in [0, 0.1) is 3.57 Å². The second-order valence-corrected chi connectivity index (χ2v) is 7.45.